The first kappa shape index (κ1) is 9.14. The molecule has 14 heavy (non-hydrogen) atoms. The van der Waals surface area contributed by atoms with Crippen molar-refractivity contribution in [2.45, 2.75) is 19.9 Å². The molecule has 0 spiro atoms. The maximum atomic E-state index is 5.11. The Bertz CT molecular complexity index is 456. The number of aromatic nitrogens is 4. The van der Waals surface area contributed by atoms with Crippen LogP contribution in [0.5, 0.6) is 0 Å². The Morgan fingerprint density at radius 2 is 2.50 bits per heavy atom. The summed E-state index contributed by atoms with van der Waals surface area (Å²) in [7, 11) is 0. The predicted octanol–water partition coefficient (Wildman–Crippen LogP) is 1.48. The Balaban J connectivity index is 2.05. The van der Waals surface area contributed by atoms with E-state index in [1.165, 1.54) is 6.39 Å². The number of imidazole rings is 1. The van der Waals surface area contributed by atoms with Gasteiger partial charge in [-0.05, 0) is 19.1 Å². The van der Waals surface area contributed by atoms with E-state index in [1.54, 1.807) is 0 Å². The zero-order valence-electron chi connectivity index (χ0n) is 7.73. The van der Waals surface area contributed by atoms with Gasteiger partial charge in [-0.2, -0.15) is 4.98 Å². The van der Waals surface area contributed by atoms with Crippen molar-refractivity contribution >= 4 is 12.2 Å². The zero-order chi connectivity index (χ0) is 9.97. The van der Waals surface area contributed by atoms with E-state index < -0.39 is 0 Å². The summed E-state index contributed by atoms with van der Waals surface area (Å²) in [6, 6.07) is 0. The van der Waals surface area contributed by atoms with Gasteiger partial charge in [0.2, 0.25) is 6.39 Å². The van der Waals surface area contributed by atoms with Crippen molar-refractivity contribution in [3.63, 3.8) is 0 Å². The molecule has 0 aliphatic rings. The van der Waals surface area contributed by atoms with Crippen LogP contribution in [0.4, 0.5) is 0 Å². The molecule has 2 aromatic rings. The van der Waals surface area contributed by atoms with Crippen LogP contribution in [0.15, 0.2) is 17.1 Å². The highest BCUT2D eigenvalue weighted by atomic mass is 32.1. The molecular formula is C8H10N4OS. The third-order valence-electron chi connectivity index (χ3n) is 1.90. The smallest absolute Gasteiger partial charge is 0.213 e. The van der Waals surface area contributed by atoms with Crippen molar-refractivity contribution in [3.05, 3.63) is 28.9 Å². The first-order chi connectivity index (χ1) is 6.75. The molecule has 2 rings (SSSR count). The summed E-state index contributed by atoms with van der Waals surface area (Å²) in [6.45, 7) is 2.74. The first-order valence-electron chi connectivity index (χ1n) is 4.27. The summed E-state index contributed by atoms with van der Waals surface area (Å²) in [5.74, 6) is 0.700. The lowest BCUT2D eigenvalue weighted by atomic mass is 10.4. The van der Waals surface area contributed by atoms with Crippen LogP contribution < -0.4 is 0 Å². The zero-order valence-corrected chi connectivity index (χ0v) is 8.54. The van der Waals surface area contributed by atoms with Crippen LogP contribution in [0.25, 0.3) is 0 Å². The fraction of sp³-hybridized carbons (Fsp3) is 0.375. The van der Waals surface area contributed by atoms with Crippen LogP contribution in [0, 0.1) is 11.7 Å². The molecule has 0 aliphatic heterocycles. The van der Waals surface area contributed by atoms with Crippen molar-refractivity contribution in [1.29, 1.82) is 0 Å². The average Bonchev–Trinajstić information content (AvgIpc) is 2.72. The third kappa shape index (κ3) is 1.90. The summed E-state index contributed by atoms with van der Waals surface area (Å²) in [4.78, 5) is 6.98. The van der Waals surface area contributed by atoms with Gasteiger partial charge >= 0.3 is 0 Å². The van der Waals surface area contributed by atoms with E-state index in [0.29, 0.717) is 5.82 Å². The summed E-state index contributed by atoms with van der Waals surface area (Å²) in [6.07, 6.45) is 4.03. The molecule has 74 valence electrons. The maximum Gasteiger partial charge on any atom is 0.213 e. The SMILES string of the molecule is Cc1cn(CCc2ncon2)c(=S)[nH]1. The largest absolute Gasteiger partial charge is 0.343 e. The molecule has 0 radical (unpaired) electrons. The topological polar surface area (TPSA) is 59.6 Å². The van der Waals surface area contributed by atoms with Gasteiger partial charge in [-0.3, -0.25) is 0 Å². The minimum absolute atomic E-state index is 0.700. The van der Waals surface area contributed by atoms with Gasteiger partial charge in [0.15, 0.2) is 10.6 Å². The molecule has 5 nitrogen and oxygen atoms in total. The number of aryl methyl sites for hydroxylation is 3. The Morgan fingerprint density at radius 1 is 1.64 bits per heavy atom. The highest BCUT2D eigenvalue weighted by Crippen LogP contribution is 2.00. The lowest BCUT2D eigenvalue weighted by molar-refractivity contribution is 0.408. The number of nitrogens with one attached hydrogen (secondary N) is 1. The van der Waals surface area contributed by atoms with E-state index in [2.05, 4.69) is 19.6 Å². The normalized spacial score (nSPS) is 10.6. The van der Waals surface area contributed by atoms with E-state index in [-0.39, 0.29) is 0 Å². The number of aromatic amines is 1. The molecule has 0 aliphatic carbocycles. The molecule has 0 unspecified atom stereocenters. The molecule has 2 heterocycles. The molecule has 0 amide bonds. The second kappa shape index (κ2) is 3.75. The molecule has 0 fully saturated rings. The molecular weight excluding hydrogens is 200 g/mol. The molecule has 1 N–H and O–H groups in total. The molecule has 0 atom stereocenters. The van der Waals surface area contributed by atoms with Crippen LogP contribution in [-0.4, -0.2) is 19.7 Å². The first-order valence-corrected chi connectivity index (χ1v) is 4.68. The van der Waals surface area contributed by atoms with E-state index in [1.807, 2.05) is 17.7 Å². The van der Waals surface area contributed by atoms with Gasteiger partial charge in [0.05, 0.1) is 0 Å². The van der Waals surface area contributed by atoms with E-state index in [0.717, 1.165) is 23.4 Å². The van der Waals surface area contributed by atoms with Crippen molar-refractivity contribution in [1.82, 2.24) is 19.7 Å². The second-order valence-corrected chi connectivity index (χ2v) is 3.42. The Labute approximate surface area is 85.8 Å². The van der Waals surface area contributed by atoms with Crippen LogP contribution >= 0.6 is 12.2 Å². The fourth-order valence-corrected chi connectivity index (χ4v) is 1.56. The van der Waals surface area contributed by atoms with Gasteiger partial charge in [0, 0.05) is 24.9 Å². The third-order valence-corrected chi connectivity index (χ3v) is 2.23. The summed E-state index contributed by atoms with van der Waals surface area (Å²) in [5.41, 5.74) is 1.06. The van der Waals surface area contributed by atoms with Crippen LogP contribution in [-0.2, 0) is 13.0 Å². The second-order valence-electron chi connectivity index (χ2n) is 3.03. The average molecular weight is 210 g/mol. The number of hydrogen-bond acceptors (Lipinski definition) is 4. The molecule has 2 aromatic heterocycles. The van der Waals surface area contributed by atoms with E-state index in [9.17, 15) is 0 Å². The minimum Gasteiger partial charge on any atom is -0.343 e. The summed E-state index contributed by atoms with van der Waals surface area (Å²) in [5, 5.41) is 3.72. The van der Waals surface area contributed by atoms with Gasteiger partial charge in [0.1, 0.15) is 0 Å². The van der Waals surface area contributed by atoms with Crippen molar-refractivity contribution in [3.8, 4) is 0 Å². The van der Waals surface area contributed by atoms with E-state index >= 15 is 0 Å². The lowest BCUT2D eigenvalue weighted by Gasteiger charge is -1.97. The molecule has 0 saturated carbocycles. The molecule has 0 aromatic carbocycles. The van der Waals surface area contributed by atoms with Gasteiger partial charge in [0.25, 0.3) is 0 Å². The number of H-pyrrole nitrogens is 1. The van der Waals surface area contributed by atoms with Gasteiger partial charge in [-0.15, -0.1) is 0 Å². The summed E-state index contributed by atoms with van der Waals surface area (Å²) < 4.78 is 7.32. The number of hydrogen-bond donors (Lipinski definition) is 1. The molecule has 0 saturated heterocycles. The van der Waals surface area contributed by atoms with Crippen LogP contribution in [0.2, 0.25) is 0 Å². The van der Waals surface area contributed by atoms with Crippen molar-refractivity contribution < 1.29 is 4.52 Å². The fourth-order valence-electron chi connectivity index (χ4n) is 1.25. The highest BCUT2D eigenvalue weighted by molar-refractivity contribution is 7.71. The quantitative estimate of drug-likeness (QED) is 0.779. The van der Waals surface area contributed by atoms with Crippen molar-refractivity contribution in [2.24, 2.45) is 0 Å². The maximum absolute atomic E-state index is 5.11. The van der Waals surface area contributed by atoms with Crippen LogP contribution in [0.3, 0.4) is 0 Å². The standard InChI is InChI=1S/C8H10N4OS/c1-6-4-12(8(14)10-6)3-2-7-9-5-13-11-7/h4-5H,2-3H2,1H3,(H,10,14). The number of nitrogens with zero attached hydrogens (tertiary/aromatic N) is 3. The number of rotatable bonds is 3. The minimum atomic E-state index is 0.700. The van der Waals surface area contributed by atoms with Crippen molar-refractivity contribution in [2.75, 3.05) is 0 Å². The summed E-state index contributed by atoms with van der Waals surface area (Å²) >= 11 is 5.11. The lowest BCUT2D eigenvalue weighted by Crippen LogP contribution is -2.01. The Kier molecular flexibility index (Phi) is 2.45. The van der Waals surface area contributed by atoms with E-state index in [4.69, 9.17) is 12.2 Å². The van der Waals surface area contributed by atoms with Gasteiger partial charge in [-0.25, -0.2) is 0 Å². The van der Waals surface area contributed by atoms with Crippen LogP contribution in [0.1, 0.15) is 11.5 Å². The predicted molar refractivity (Wildman–Crippen MR) is 52.4 cm³/mol. The molecule has 0 bridgehead atoms. The highest BCUT2D eigenvalue weighted by Gasteiger charge is 2.00. The Morgan fingerprint density at radius 3 is 3.07 bits per heavy atom. The molecule has 6 heteroatoms. The Hall–Kier alpha value is -1.43. The monoisotopic (exact) mass is 210 g/mol. The van der Waals surface area contributed by atoms with Gasteiger partial charge in [-0.1, -0.05) is 5.16 Å². The van der Waals surface area contributed by atoms with Gasteiger partial charge < -0.3 is 14.1 Å².